The molecule has 18 heavy (non-hydrogen) atoms. The predicted molar refractivity (Wildman–Crippen MR) is 79.7 cm³/mol. The van der Waals surface area contributed by atoms with Gasteiger partial charge in [-0.2, -0.15) is 0 Å². The van der Waals surface area contributed by atoms with E-state index in [1.807, 2.05) is 0 Å². The molecule has 2 aromatic rings. The van der Waals surface area contributed by atoms with Crippen molar-refractivity contribution in [1.29, 1.82) is 0 Å². The number of fused-ring (bicyclic) bond motifs is 1. The molecule has 0 fully saturated rings. The Kier molecular flexibility index (Phi) is 2.59. The van der Waals surface area contributed by atoms with Gasteiger partial charge >= 0.3 is 0 Å². The van der Waals surface area contributed by atoms with Crippen LogP contribution in [0.1, 0.15) is 31.4 Å². The molecular formula is C18H18. The highest BCUT2D eigenvalue weighted by atomic mass is 14.2. The van der Waals surface area contributed by atoms with Gasteiger partial charge in [0.25, 0.3) is 0 Å². The molecule has 0 unspecified atom stereocenters. The summed E-state index contributed by atoms with van der Waals surface area (Å²) in [5, 5.41) is 2.71. The molecule has 0 nitrogen and oxygen atoms in total. The summed E-state index contributed by atoms with van der Waals surface area (Å²) in [5.41, 5.74) is 7.20. The number of aryl methyl sites for hydroxylation is 1. The summed E-state index contributed by atoms with van der Waals surface area (Å²) in [4.78, 5) is 0. The molecule has 0 saturated carbocycles. The van der Waals surface area contributed by atoms with Gasteiger partial charge in [0.05, 0.1) is 0 Å². The average molecular weight is 234 g/mol. The maximum absolute atomic E-state index is 2.33. The van der Waals surface area contributed by atoms with Crippen LogP contribution in [0.3, 0.4) is 0 Å². The molecule has 0 saturated heterocycles. The minimum atomic E-state index is 1.08. The van der Waals surface area contributed by atoms with Crippen LogP contribution >= 0.6 is 0 Å². The standard InChI is InChI=1S/C18H18/c1-12-8-10-17(13(12)2)18-11-9-15-6-4-5-7-16(15)14(18)3/h4-9,11H,10H2,1-3H3. The van der Waals surface area contributed by atoms with Gasteiger partial charge in [-0.05, 0) is 60.2 Å². The molecular weight excluding hydrogens is 216 g/mol. The van der Waals surface area contributed by atoms with Crippen molar-refractivity contribution in [3.8, 4) is 0 Å². The van der Waals surface area contributed by atoms with Gasteiger partial charge in [0.2, 0.25) is 0 Å². The van der Waals surface area contributed by atoms with Gasteiger partial charge in [0.15, 0.2) is 0 Å². The summed E-state index contributed by atoms with van der Waals surface area (Å²) in [6.07, 6.45) is 3.41. The maximum Gasteiger partial charge on any atom is -0.00829 e. The van der Waals surface area contributed by atoms with Crippen molar-refractivity contribution in [2.24, 2.45) is 0 Å². The first-order valence-electron chi connectivity index (χ1n) is 6.54. The van der Waals surface area contributed by atoms with E-state index in [1.165, 1.54) is 38.6 Å². The lowest BCUT2D eigenvalue weighted by atomic mass is 9.92. The van der Waals surface area contributed by atoms with Gasteiger partial charge in [-0.15, -0.1) is 0 Å². The van der Waals surface area contributed by atoms with Crippen LogP contribution in [0.2, 0.25) is 0 Å². The molecule has 0 heteroatoms. The predicted octanol–water partition coefficient (Wildman–Crippen LogP) is 5.27. The highest BCUT2D eigenvalue weighted by Gasteiger charge is 2.15. The molecule has 0 atom stereocenters. The van der Waals surface area contributed by atoms with Gasteiger partial charge in [0.1, 0.15) is 0 Å². The summed E-state index contributed by atoms with van der Waals surface area (Å²) >= 11 is 0. The Morgan fingerprint density at radius 3 is 2.39 bits per heavy atom. The van der Waals surface area contributed by atoms with Crippen LogP contribution in [0, 0.1) is 6.92 Å². The second-order valence-electron chi connectivity index (χ2n) is 5.15. The van der Waals surface area contributed by atoms with E-state index in [1.54, 1.807) is 0 Å². The fraction of sp³-hybridized carbons (Fsp3) is 0.222. The van der Waals surface area contributed by atoms with Crippen LogP contribution in [0.25, 0.3) is 16.3 Å². The molecule has 0 heterocycles. The first-order valence-corrected chi connectivity index (χ1v) is 6.54. The lowest BCUT2D eigenvalue weighted by Gasteiger charge is -2.12. The van der Waals surface area contributed by atoms with Crippen molar-refractivity contribution < 1.29 is 0 Å². The Balaban J connectivity index is 2.23. The van der Waals surface area contributed by atoms with Crippen LogP contribution in [0.5, 0.6) is 0 Å². The Morgan fingerprint density at radius 1 is 0.889 bits per heavy atom. The van der Waals surface area contributed by atoms with Crippen molar-refractivity contribution >= 4 is 16.3 Å². The first-order chi connectivity index (χ1) is 8.68. The van der Waals surface area contributed by atoms with Crippen LogP contribution in [0.15, 0.2) is 53.6 Å². The minimum absolute atomic E-state index is 1.08. The summed E-state index contributed by atoms with van der Waals surface area (Å²) in [5.74, 6) is 0. The second-order valence-corrected chi connectivity index (χ2v) is 5.15. The maximum atomic E-state index is 2.33. The van der Waals surface area contributed by atoms with Crippen molar-refractivity contribution in [3.05, 3.63) is 64.7 Å². The monoisotopic (exact) mass is 234 g/mol. The van der Waals surface area contributed by atoms with E-state index < -0.39 is 0 Å². The molecule has 3 rings (SSSR count). The third-order valence-corrected chi connectivity index (χ3v) is 4.18. The largest absolute Gasteiger partial charge is 0.0769 e. The Hall–Kier alpha value is -1.82. The summed E-state index contributed by atoms with van der Waals surface area (Å²) in [7, 11) is 0. The van der Waals surface area contributed by atoms with Crippen LogP contribution in [-0.4, -0.2) is 0 Å². The van der Waals surface area contributed by atoms with E-state index in [2.05, 4.69) is 63.2 Å². The third kappa shape index (κ3) is 1.60. The molecule has 0 aromatic heterocycles. The van der Waals surface area contributed by atoms with E-state index in [0.29, 0.717) is 0 Å². The summed E-state index contributed by atoms with van der Waals surface area (Å²) in [6.45, 7) is 6.69. The number of hydrogen-bond acceptors (Lipinski definition) is 0. The summed E-state index contributed by atoms with van der Waals surface area (Å²) in [6, 6.07) is 13.2. The molecule has 0 bridgehead atoms. The molecule has 2 aromatic carbocycles. The van der Waals surface area contributed by atoms with E-state index in [4.69, 9.17) is 0 Å². The topological polar surface area (TPSA) is 0 Å². The first kappa shape index (κ1) is 11.3. The number of allylic oxidation sites excluding steroid dienone is 4. The van der Waals surface area contributed by atoms with Crippen molar-refractivity contribution in [2.45, 2.75) is 27.2 Å². The van der Waals surface area contributed by atoms with E-state index in [9.17, 15) is 0 Å². The third-order valence-electron chi connectivity index (χ3n) is 4.18. The van der Waals surface area contributed by atoms with Gasteiger partial charge in [-0.1, -0.05) is 48.0 Å². The van der Waals surface area contributed by atoms with Gasteiger partial charge in [-0.3, -0.25) is 0 Å². The second kappa shape index (κ2) is 4.13. The molecule has 1 aliphatic rings. The minimum Gasteiger partial charge on any atom is -0.0769 e. The number of rotatable bonds is 1. The zero-order chi connectivity index (χ0) is 12.7. The highest BCUT2D eigenvalue weighted by Crippen LogP contribution is 2.36. The molecule has 1 aliphatic carbocycles. The van der Waals surface area contributed by atoms with E-state index in [-0.39, 0.29) is 0 Å². The Bertz CT molecular complexity index is 684. The normalized spacial score (nSPS) is 15.4. The van der Waals surface area contributed by atoms with Gasteiger partial charge in [0, 0.05) is 0 Å². The molecule has 0 N–H and O–H groups in total. The van der Waals surface area contributed by atoms with Crippen molar-refractivity contribution in [2.75, 3.05) is 0 Å². The smallest absolute Gasteiger partial charge is 0.00829 e. The number of hydrogen-bond donors (Lipinski definition) is 0. The SMILES string of the molecule is CC1=CCC(c2ccc3ccccc3c2C)=C1C. The van der Waals surface area contributed by atoms with Crippen LogP contribution in [0.4, 0.5) is 0 Å². The molecule has 90 valence electrons. The lowest BCUT2D eigenvalue weighted by Crippen LogP contribution is -1.90. The number of benzene rings is 2. The fourth-order valence-electron chi connectivity index (χ4n) is 2.87. The fourth-order valence-corrected chi connectivity index (χ4v) is 2.87. The summed E-state index contributed by atoms with van der Waals surface area (Å²) < 4.78 is 0. The Labute approximate surface area is 109 Å². The van der Waals surface area contributed by atoms with E-state index >= 15 is 0 Å². The van der Waals surface area contributed by atoms with Gasteiger partial charge in [-0.25, -0.2) is 0 Å². The molecule has 0 spiro atoms. The van der Waals surface area contributed by atoms with Crippen LogP contribution in [-0.2, 0) is 0 Å². The van der Waals surface area contributed by atoms with Crippen molar-refractivity contribution in [3.63, 3.8) is 0 Å². The zero-order valence-electron chi connectivity index (χ0n) is 11.2. The molecule has 0 radical (unpaired) electrons. The lowest BCUT2D eigenvalue weighted by molar-refractivity contribution is 1.36. The van der Waals surface area contributed by atoms with Crippen molar-refractivity contribution in [1.82, 2.24) is 0 Å². The Morgan fingerprint density at radius 2 is 1.67 bits per heavy atom. The van der Waals surface area contributed by atoms with Crippen LogP contribution < -0.4 is 0 Å². The highest BCUT2D eigenvalue weighted by molar-refractivity contribution is 5.91. The molecule has 0 aliphatic heterocycles. The zero-order valence-corrected chi connectivity index (χ0v) is 11.2. The van der Waals surface area contributed by atoms with Gasteiger partial charge < -0.3 is 0 Å². The quantitative estimate of drug-likeness (QED) is 0.630. The average Bonchev–Trinajstić information content (AvgIpc) is 2.71. The van der Waals surface area contributed by atoms with E-state index in [0.717, 1.165) is 6.42 Å². The molecule has 0 amide bonds.